The minimum Gasteiger partial charge on any atom is -0.388 e. The second kappa shape index (κ2) is 6.97. The Bertz CT molecular complexity index is 887. The number of benzene rings is 2. The van der Waals surface area contributed by atoms with Crippen LogP contribution >= 0.6 is 0 Å². The second-order valence-electron chi connectivity index (χ2n) is 7.47. The molecule has 2 aromatic rings. The van der Waals surface area contributed by atoms with E-state index in [0.29, 0.717) is 12.0 Å². The monoisotopic (exact) mass is 348 g/mol. The van der Waals surface area contributed by atoms with E-state index in [4.69, 9.17) is 11.2 Å². The molecule has 1 N–H and O–H groups in total. The SMILES string of the molecule is C#COC(=O)c1ccc(-c2ccc3c(c2)C(C)(C)CCC3O)cc1CC. The number of rotatable bonds is 3. The molecule has 0 bridgehead atoms. The first-order chi connectivity index (χ1) is 12.4. The normalized spacial score (nSPS) is 17.9. The van der Waals surface area contributed by atoms with Crippen molar-refractivity contribution in [2.45, 2.75) is 51.6 Å². The van der Waals surface area contributed by atoms with Crippen LogP contribution in [0.4, 0.5) is 0 Å². The molecule has 0 aliphatic heterocycles. The van der Waals surface area contributed by atoms with Gasteiger partial charge in [0.1, 0.15) is 6.11 Å². The van der Waals surface area contributed by atoms with E-state index >= 15 is 0 Å². The number of esters is 1. The van der Waals surface area contributed by atoms with Gasteiger partial charge in [0.05, 0.1) is 11.7 Å². The van der Waals surface area contributed by atoms with Crippen LogP contribution in [0, 0.1) is 12.5 Å². The Morgan fingerprint density at radius 2 is 1.96 bits per heavy atom. The van der Waals surface area contributed by atoms with E-state index in [9.17, 15) is 9.90 Å². The van der Waals surface area contributed by atoms with Crippen LogP contribution in [0.3, 0.4) is 0 Å². The largest absolute Gasteiger partial charge is 0.388 e. The molecule has 1 aliphatic rings. The van der Waals surface area contributed by atoms with Gasteiger partial charge < -0.3 is 9.84 Å². The number of fused-ring (bicyclic) bond motifs is 1. The van der Waals surface area contributed by atoms with Crippen molar-refractivity contribution in [1.82, 2.24) is 0 Å². The highest BCUT2D eigenvalue weighted by Crippen LogP contribution is 2.43. The summed E-state index contributed by atoms with van der Waals surface area (Å²) < 4.78 is 4.69. The molecule has 3 heteroatoms. The van der Waals surface area contributed by atoms with E-state index in [0.717, 1.165) is 35.1 Å². The lowest BCUT2D eigenvalue weighted by Gasteiger charge is -2.35. The van der Waals surface area contributed by atoms with Crippen LogP contribution in [-0.2, 0) is 16.6 Å². The fourth-order valence-corrected chi connectivity index (χ4v) is 3.77. The highest BCUT2D eigenvalue weighted by molar-refractivity contribution is 5.92. The van der Waals surface area contributed by atoms with Gasteiger partial charge >= 0.3 is 5.97 Å². The highest BCUT2D eigenvalue weighted by Gasteiger charge is 2.32. The summed E-state index contributed by atoms with van der Waals surface area (Å²) in [7, 11) is 0. The van der Waals surface area contributed by atoms with E-state index in [2.05, 4.69) is 19.9 Å². The van der Waals surface area contributed by atoms with E-state index < -0.39 is 5.97 Å². The maximum atomic E-state index is 12.0. The van der Waals surface area contributed by atoms with Crippen LogP contribution in [-0.4, -0.2) is 11.1 Å². The average molecular weight is 348 g/mol. The van der Waals surface area contributed by atoms with Crippen molar-refractivity contribution in [2.75, 3.05) is 0 Å². The zero-order valence-corrected chi connectivity index (χ0v) is 15.5. The molecule has 0 heterocycles. The lowest BCUT2D eigenvalue weighted by Crippen LogP contribution is -2.26. The minimum atomic E-state index is -0.495. The summed E-state index contributed by atoms with van der Waals surface area (Å²) in [5, 5.41) is 10.3. The highest BCUT2D eigenvalue weighted by atomic mass is 16.5. The predicted octanol–water partition coefficient (Wildman–Crippen LogP) is 4.77. The van der Waals surface area contributed by atoms with Gasteiger partial charge in [-0.05, 0) is 58.6 Å². The van der Waals surface area contributed by atoms with Crippen LogP contribution in [0.15, 0.2) is 36.4 Å². The first-order valence-corrected chi connectivity index (χ1v) is 9.00. The van der Waals surface area contributed by atoms with E-state index in [-0.39, 0.29) is 11.5 Å². The van der Waals surface area contributed by atoms with Crippen molar-refractivity contribution in [3.05, 3.63) is 58.7 Å². The van der Waals surface area contributed by atoms with Crippen LogP contribution < -0.4 is 0 Å². The third-order valence-electron chi connectivity index (χ3n) is 5.38. The quantitative estimate of drug-likeness (QED) is 0.642. The Balaban J connectivity index is 2.05. The lowest BCUT2D eigenvalue weighted by atomic mass is 9.71. The summed E-state index contributed by atoms with van der Waals surface area (Å²) in [6, 6.07) is 11.9. The molecule has 0 radical (unpaired) electrons. The number of ether oxygens (including phenoxy) is 1. The lowest BCUT2D eigenvalue weighted by molar-refractivity contribution is 0.0690. The fraction of sp³-hybridized carbons (Fsp3) is 0.348. The molecule has 1 aliphatic carbocycles. The number of terminal acetylenes is 1. The summed E-state index contributed by atoms with van der Waals surface area (Å²) in [6.45, 7) is 6.44. The number of carbonyl (C=O) groups is 1. The first kappa shape index (κ1) is 18.2. The van der Waals surface area contributed by atoms with Crippen molar-refractivity contribution in [3.8, 4) is 23.7 Å². The van der Waals surface area contributed by atoms with Crippen LogP contribution in [0.1, 0.15) is 66.8 Å². The standard InChI is InChI=1S/C23H24O3/c1-5-15-13-16(7-9-18(15)22(25)26-6-2)17-8-10-19-20(14-17)23(3,4)12-11-21(19)24/h2,7-10,13-14,21,24H,5,11-12H2,1,3-4H3. The smallest absolute Gasteiger partial charge is 0.352 e. The number of aryl methyl sites for hydroxylation is 1. The maximum absolute atomic E-state index is 12.0. The van der Waals surface area contributed by atoms with E-state index in [1.807, 2.05) is 37.3 Å². The van der Waals surface area contributed by atoms with Gasteiger partial charge in [-0.2, -0.15) is 0 Å². The minimum absolute atomic E-state index is 0.0364. The molecule has 2 aromatic carbocycles. The molecule has 26 heavy (non-hydrogen) atoms. The van der Waals surface area contributed by atoms with Gasteiger partial charge in [-0.15, -0.1) is 0 Å². The van der Waals surface area contributed by atoms with Crippen molar-refractivity contribution < 1.29 is 14.6 Å². The molecule has 0 fully saturated rings. The van der Waals surface area contributed by atoms with E-state index in [1.165, 1.54) is 5.56 Å². The molecule has 3 nitrogen and oxygen atoms in total. The number of hydrogen-bond acceptors (Lipinski definition) is 3. The summed E-state index contributed by atoms with van der Waals surface area (Å²) in [5.41, 5.74) is 5.78. The number of hydrogen-bond donors (Lipinski definition) is 1. The van der Waals surface area contributed by atoms with Crippen molar-refractivity contribution in [2.24, 2.45) is 0 Å². The zero-order valence-electron chi connectivity index (χ0n) is 15.5. The Labute approximate surface area is 155 Å². The van der Waals surface area contributed by atoms with E-state index in [1.54, 1.807) is 6.07 Å². The van der Waals surface area contributed by atoms with Crippen molar-refractivity contribution >= 4 is 5.97 Å². The fourth-order valence-electron chi connectivity index (χ4n) is 3.77. The average Bonchev–Trinajstić information content (AvgIpc) is 2.64. The molecular formula is C23H24O3. The summed E-state index contributed by atoms with van der Waals surface area (Å²) in [4.78, 5) is 12.0. The predicted molar refractivity (Wildman–Crippen MR) is 103 cm³/mol. The molecule has 0 amide bonds. The summed E-state index contributed by atoms with van der Waals surface area (Å²) in [5.74, 6) is -0.495. The van der Waals surface area contributed by atoms with Gasteiger partial charge in [0, 0.05) is 0 Å². The molecule has 0 saturated carbocycles. The molecule has 1 unspecified atom stereocenters. The summed E-state index contributed by atoms with van der Waals surface area (Å²) >= 11 is 0. The Morgan fingerprint density at radius 3 is 2.65 bits per heavy atom. The first-order valence-electron chi connectivity index (χ1n) is 9.00. The molecule has 0 saturated heterocycles. The molecular weight excluding hydrogens is 324 g/mol. The number of aliphatic hydroxyl groups excluding tert-OH is 1. The molecule has 3 rings (SSSR count). The molecule has 0 spiro atoms. The van der Waals surface area contributed by atoms with Gasteiger partial charge in [-0.25, -0.2) is 4.79 Å². The molecule has 1 atom stereocenters. The Hall–Kier alpha value is -2.57. The summed E-state index contributed by atoms with van der Waals surface area (Å²) in [6.07, 6.45) is 9.08. The van der Waals surface area contributed by atoms with Crippen LogP contribution in [0.5, 0.6) is 0 Å². The van der Waals surface area contributed by atoms with Crippen molar-refractivity contribution in [1.29, 1.82) is 0 Å². The molecule has 0 aromatic heterocycles. The number of carbonyl (C=O) groups excluding carboxylic acids is 1. The third kappa shape index (κ3) is 3.25. The van der Waals surface area contributed by atoms with Gasteiger partial charge in [0.15, 0.2) is 0 Å². The Morgan fingerprint density at radius 1 is 1.27 bits per heavy atom. The zero-order chi connectivity index (χ0) is 18.9. The van der Waals surface area contributed by atoms with Crippen molar-refractivity contribution in [3.63, 3.8) is 0 Å². The number of aliphatic hydroxyl groups is 1. The van der Waals surface area contributed by atoms with Gasteiger partial charge in [-0.3, -0.25) is 0 Å². The van der Waals surface area contributed by atoms with Gasteiger partial charge in [0.25, 0.3) is 0 Å². The Kier molecular flexibility index (Phi) is 4.89. The second-order valence-corrected chi connectivity index (χ2v) is 7.47. The maximum Gasteiger partial charge on any atom is 0.352 e. The van der Waals surface area contributed by atoms with Crippen LogP contribution in [0.2, 0.25) is 0 Å². The van der Waals surface area contributed by atoms with Gasteiger partial charge in [-0.1, -0.05) is 57.5 Å². The van der Waals surface area contributed by atoms with Gasteiger partial charge in [0.2, 0.25) is 0 Å². The van der Waals surface area contributed by atoms with Crippen LogP contribution in [0.25, 0.3) is 11.1 Å². The topological polar surface area (TPSA) is 46.5 Å². The molecule has 134 valence electrons. The third-order valence-corrected chi connectivity index (χ3v) is 5.38.